The smallest absolute Gasteiger partial charge is 0.264 e. The molecule has 3 rings (SSSR count). The first-order valence-corrected chi connectivity index (χ1v) is 11.7. The van der Waals surface area contributed by atoms with Gasteiger partial charge in [0, 0.05) is 26.0 Å². The van der Waals surface area contributed by atoms with Gasteiger partial charge in [0.2, 0.25) is 5.16 Å². The Kier molecular flexibility index (Phi) is 5.49. The predicted octanol–water partition coefficient (Wildman–Crippen LogP) is 1.08. The largest absolute Gasteiger partial charge is 0.365 e. The Balaban J connectivity index is 2.24. The Labute approximate surface area is 179 Å². The number of ketones is 1. The van der Waals surface area contributed by atoms with Gasteiger partial charge in [-0.25, -0.2) is 13.1 Å². The number of thioether (sulfide) groups is 1. The van der Waals surface area contributed by atoms with Crippen molar-refractivity contribution in [3.8, 4) is 0 Å². The highest BCUT2D eigenvalue weighted by Crippen LogP contribution is 2.52. The lowest BCUT2D eigenvalue weighted by Gasteiger charge is -2.57. The van der Waals surface area contributed by atoms with E-state index < -0.39 is 36.7 Å². The normalized spacial score (nSPS) is 28.2. The van der Waals surface area contributed by atoms with Gasteiger partial charge in [0.1, 0.15) is 4.58 Å². The molecule has 12 heteroatoms. The number of methoxy groups -OCH3 is 1. The number of ether oxygens (including phenoxy) is 1. The van der Waals surface area contributed by atoms with Crippen LogP contribution in [0.15, 0.2) is 29.1 Å². The van der Waals surface area contributed by atoms with Crippen LogP contribution < -0.4 is 0 Å². The van der Waals surface area contributed by atoms with Crippen LogP contribution in [0.25, 0.3) is 0 Å². The molecule has 2 aliphatic rings. The van der Waals surface area contributed by atoms with E-state index in [0.29, 0.717) is 0 Å². The Hall–Kier alpha value is -2.05. The number of tetrazole rings is 1. The van der Waals surface area contributed by atoms with Gasteiger partial charge in [-0.3, -0.25) is 14.5 Å². The van der Waals surface area contributed by atoms with E-state index in [2.05, 4.69) is 22.1 Å². The molecule has 1 aromatic rings. The second-order valence-electron chi connectivity index (χ2n) is 8.35. The number of carbonyl (C=O) groups is 2. The van der Waals surface area contributed by atoms with Gasteiger partial charge in [-0.1, -0.05) is 38.6 Å². The first-order chi connectivity index (χ1) is 13.8. The molecule has 30 heavy (non-hydrogen) atoms. The monoisotopic (exact) mass is 455 g/mol. The number of hydrogen-bond acceptors (Lipinski definition) is 9. The Morgan fingerprint density at radius 3 is 2.50 bits per heavy atom. The molecule has 0 radical (unpaired) electrons. The molecule has 3 atom stereocenters. The molecule has 0 spiro atoms. The fourth-order valence-corrected chi connectivity index (χ4v) is 7.77. The second kappa shape index (κ2) is 7.27. The van der Waals surface area contributed by atoms with E-state index in [9.17, 15) is 18.0 Å². The minimum Gasteiger partial charge on any atom is -0.365 e. The minimum atomic E-state index is -4.02. The van der Waals surface area contributed by atoms with Crippen molar-refractivity contribution in [1.82, 2.24) is 25.1 Å². The zero-order valence-corrected chi connectivity index (χ0v) is 19.4. The van der Waals surface area contributed by atoms with Crippen LogP contribution in [-0.2, 0) is 31.2 Å². The van der Waals surface area contributed by atoms with Gasteiger partial charge in [0.25, 0.3) is 5.91 Å². The van der Waals surface area contributed by atoms with E-state index in [0.717, 1.165) is 16.7 Å². The Morgan fingerprint density at radius 2 is 2.03 bits per heavy atom. The maximum atomic E-state index is 13.7. The summed E-state index contributed by atoms with van der Waals surface area (Å²) in [6.07, 6.45) is 1.45. The first-order valence-electron chi connectivity index (χ1n) is 9.21. The predicted molar refractivity (Wildman–Crippen MR) is 110 cm³/mol. The van der Waals surface area contributed by atoms with Crippen LogP contribution in [0.5, 0.6) is 0 Å². The number of fused-ring (bicyclic) bond motifs is 1. The van der Waals surface area contributed by atoms with Crippen LogP contribution >= 0.6 is 11.8 Å². The molecule has 1 amide bonds. The van der Waals surface area contributed by atoms with E-state index in [4.69, 9.17) is 4.74 Å². The molecule has 0 bridgehead atoms. The van der Waals surface area contributed by atoms with Crippen molar-refractivity contribution >= 4 is 33.3 Å². The molecule has 1 unspecified atom stereocenters. The van der Waals surface area contributed by atoms with Gasteiger partial charge in [0.05, 0.1) is 5.70 Å². The van der Waals surface area contributed by atoms with Crippen molar-refractivity contribution in [2.24, 2.45) is 12.5 Å². The number of hydrogen-bond donors (Lipinski definition) is 0. The number of rotatable bonds is 6. The van der Waals surface area contributed by atoms with Crippen molar-refractivity contribution in [2.75, 3.05) is 7.11 Å². The van der Waals surface area contributed by atoms with Gasteiger partial charge in [-0.2, -0.15) is 0 Å². The second-order valence-corrected chi connectivity index (χ2v) is 11.8. The zero-order valence-electron chi connectivity index (χ0n) is 17.7. The third-order valence-electron chi connectivity index (χ3n) is 5.29. The van der Waals surface area contributed by atoms with E-state index in [-0.39, 0.29) is 28.6 Å². The Bertz CT molecular complexity index is 1060. The lowest BCUT2D eigenvalue weighted by atomic mass is 9.82. The number of aromatic nitrogens is 4. The average molecular weight is 456 g/mol. The third-order valence-corrected chi connectivity index (χ3v) is 9.68. The number of sulfone groups is 1. The first kappa shape index (κ1) is 22.6. The van der Waals surface area contributed by atoms with Crippen LogP contribution in [0.3, 0.4) is 0 Å². The zero-order chi connectivity index (χ0) is 22.6. The summed E-state index contributed by atoms with van der Waals surface area (Å²) in [7, 11) is -1.13. The maximum absolute atomic E-state index is 13.7. The maximum Gasteiger partial charge on any atom is 0.264 e. The van der Waals surface area contributed by atoms with Crippen molar-refractivity contribution in [3.05, 3.63) is 23.9 Å². The topological polar surface area (TPSA) is 124 Å². The number of aryl methyl sites for hydroxylation is 1. The number of allylic oxidation sites excluding steroid dienone is 1. The van der Waals surface area contributed by atoms with E-state index in [1.807, 2.05) is 0 Å². The average Bonchev–Trinajstić information content (AvgIpc) is 3.06. The summed E-state index contributed by atoms with van der Waals surface area (Å²) in [5, 5.41) is 10.1. The molecule has 2 aliphatic heterocycles. The molecule has 10 nitrogen and oxygen atoms in total. The minimum absolute atomic E-state index is 0.00166. The Morgan fingerprint density at radius 1 is 1.40 bits per heavy atom. The quantitative estimate of drug-likeness (QED) is 0.457. The number of Topliss-reactive ketones (excluding diaryl/α,β-unsaturated/α-hetero) is 1. The lowest BCUT2D eigenvalue weighted by molar-refractivity contribution is -0.183. The molecule has 0 aliphatic carbocycles. The summed E-state index contributed by atoms with van der Waals surface area (Å²) >= 11 is 0.924. The fourth-order valence-electron chi connectivity index (χ4n) is 3.74. The summed E-state index contributed by atoms with van der Waals surface area (Å²) in [4.78, 5) is 27.5. The molecule has 1 fully saturated rings. The van der Waals surface area contributed by atoms with Crippen molar-refractivity contribution in [1.29, 1.82) is 0 Å². The molecule has 0 N–H and O–H groups in total. The van der Waals surface area contributed by atoms with E-state index in [1.165, 1.54) is 17.9 Å². The van der Waals surface area contributed by atoms with Gasteiger partial charge < -0.3 is 4.74 Å². The van der Waals surface area contributed by atoms with Crippen LogP contribution in [0, 0.1) is 5.41 Å². The highest BCUT2D eigenvalue weighted by Gasteiger charge is 2.71. The molecule has 3 heterocycles. The highest BCUT2D eigenvalue weighted by molar-refractivity contribution is 8.14. The van der Waals surface area contributed by atoms with E-state index in [1.54, 1.807) is 34.7 Å². The van der Waals surface area contributed by atoms with Gasteiger partial charge in [-0.05, 0) is 22.9 Å². The van der Waals surface area contributed by atoms with Crippen molar-refractivity contribution < 1.29 is 22.7 Å². The summed E-state index contributed by atoms with van der Waals surface area (Å²) in [5.41, 5.74) is -2.08. The molecule has 0 aromatic carbocycles. The van der Waals surface area contributed by atoms with Gasteiger partial charge >= 0.3 is 0 Å². The number of nitrogens with zero attached hydrogens (tertiary/aromatic N) is 5. The summed E-state index contributed by atoms with van der Waals surface area (Å²) in [6, 6.07) is 0. The summed E-state index contributed by atoms with van der Waals surface area (Å²) in [5.74, 6) is -0.882. The van der Waals surface area contributed by atoms with Gasteiger partial charge in [0.15, 0.2) is 26.6 Å². The highest BCUT2D eigenvalue weighted by atomic mass is 32.3. The third kappa shape index (κ3) is 3.04. The molecular formula is C18H25N5O5S2. The lowest BCUT2D eigenvalue weighted by Crippen LogP contribution is -2.79. The summed E-state index contributed by atoms with van der Waals surface area (Å²) in [6.45, 7) is 10.4. The fraction of sp³-hybridized carbons (Fsp3) is 0.611. The number of carbonyl (C=O) groups excluding carboxylic acids is 2. The van der Waals surface area contributed by atoms with Crippen LogP contribution in [0.4, 0.5) is 0 Å². The van der Waals surface area contributed by atoms with Crippen LogP contribution in [-0.4, -0.2) is 67.9 Å². The summed E-state index contributed by atoms with van der Waals surface area (Å²) < 4.78 is 33.0. The van der Waals surface area contributed by atoms with E-state index >= 15 is 0 Å². The number of β-lactam (4-membered cyclic amide) rings is 1. The van der Waals surface area contributed by atoms with Crippen molar-refractivity contribution in [3.63, 3.8) is 0 Å². The number of amides is 1. The molecule has 164 valence electrons. The van der Waals surface area contributed by atoms with Crippen LogP contribution in [0.2, 0.25) is 0 Å². The van der Waals surface area contributed by atoms with Crippen molar-refractivity contribution in [2.45, 2.75) is 54.8 Å². The molecule has 0 saturated carbocycles. The SMILES string of the molecule is C=CC[C@@]1(OC)C(=O)N2C(C(=O)C(C)(C)C)=C(C)C(Sc3nnnn3C)S(=O)(=O)[C@H]21. The molecule has 1 saturated heterocycles. The molecular weight excluding hydrogens is 430 g/mol. The van der Waals surface area contributed by atoms with Crippen LogP contribution in [0.1, 0.15) is 34.1 Å². The van der Waals surface area contributed by atoms with Gasteiger partial charge in [-0.15, -0.1) is 11.7 Å². The standard InChI is InChI=1S/C18H25N5O5S2/c1-8-9-18(28-7)14(25)23-11(12(24)17(3,4)5)10(2)13(30(26,27)15(18)23)29-16-19-20-21-22(16)6/h8,13,15H,1,9H2,2-7H3/t13?,15-,18+/m0/s1. The molecule has 1 aromatic heterocycles.